The van der Waals surface area contributed by atoms with Gasteiger partial charge in [-0.25, -0.2) is 0 Å². The van der Waals surface area contributed by atoms with Crippen LogP contribution < -0.4 is 10.6 Å². The molecule has 0 saturated heterocycles. The lowest BCUT2D eigenvalue weighted by molar-refractivity contribution is -0.122. The first-order chi connectivity index (χ1) is 12.1. The standard InChI is InChI=1S/C20H19N3O2/c1-2-14-7-3-4-9-18(14)23-20(25)17-11-16(17)19(24)22-15-8-5-6-13(10-15)12-21/h3-10,16-17H,2,11H2,1H3,(H,22,24)(H,23,25). The maximum Gasteiger partial charge on any atom is 0.228 e. The third-order valence-electron chi connectivity index (χ3n) is 4.38. The van der Waals surface area contributed by atoms with Crippen LogP contribution >= 0.6 is 0 Å². The highest BCUT2D eigenvalue weighted by molar-refractivity contribution is 6.03. The number of nitriles is 1. The van der Waals surface area contributed by atoms with E-state index in [9.17, 15) is 9.59 Å². The molecule has 2 N–H and O–H groups in total. The van der Waals surface area contributed by atoms with E-state index in [0.29, 0.717) is 17.7 Å². The molecule has 126 valence electrons. The highest BCUT2D eigenvalue weighted by atomic mass is 16.2. The van der Waals surface area contributed by atoms with Crippen molar-refractivity contribution in [3.05, 3.63) is 59.7 Å². The van der Waals surface area contributed by atoms with Crippen molar-refractivity contribution in [1.29, 1.82) is 5.26 Å². The first-order valence-electron chi connectivity index (χ1n) is 8.32. The molecule has 0 spiro atoms. The summed E-state index contributed by atoms with van der Waals surface area (Å²) in [7, 11) is 0. The van der Waals surface area contributed by atoms with Crippen molar-refractivity contribution >= 4 is 23.2 Å². The van der Waals surface area contributed by atoms with Crippen molar-refractivity contribution in [3.8, 4) is 6.07 Å². The van der Waals surface area contributed by atoms with E-state index in [1.54, 1.807) is 24.3 Å². The molecule has 0 heterocycles. The normalized spacial score (nSPS) is 18.1. The fraction of sp³-hybridized carbons (Fsp3) is 0.250. The Morgan fingerprint density at radius 2 is 1.80 bits per heavy atom. The van der Waals surface area contributed by atoms with Gasteiger partial charge in [0.2, 0.25) is 11.8 Å². The average Bonchev–Trinajstić information content (AvgIpc) is 3.43. The predicted molar refractivity (Wildman–Crippen MR) is 95.8 cm³/mol. The van der Waals surface area contributed by atoms with Crippen LogP contribution in [0.1, 0.15) is 24.5 Å². The molecule has 2 aromatic carbocycles. The summed E-state index contributed by atoms with van der Waals surface area (Å²) in [5.41, 5.74) is 2.94. The van der Waals surface area contributed by atoms with Gasteiger partial charge in [-0.05, 0) is 42.7 Å². The molecule has 0 aromatic heterocycles. The van der Waals surface area contributed by atoms with Gasteiger partial charge in [-0.1, -0.05) is 31.2 Å². The van der Waals surface area contributed by atoms with Crippen LogP contribution in [0.3, 0.4) is 0 Å². The molecule has 1 saturated carbocycles. The Morgan fingerprint density at radius 1 is 1.08 bits per heavy atom. The second-order valence-electron chi connectivity index (χ2n) is 6.13. The van der Waals surface area contributed by atoms with Crippen molar-refractivity contribution in [2.24, 2.45) is 11.8 Å². The largest absolute Gasteiger partial charge is 0.326 e. The smallest absolute Gasteiger partial charge is 0.228 e. The SMILES string of the molecule is CCc1ccccc1NC(=O)C1CC1C(=O)Nc1cccc(C#N)c1. The quantitative estimate of drug-likeness (QED) is 0.880. The van der Waals surface area contributed by atoms with Gasteiger partial charge < -0.3 is 10.6 Å². The number of benzene rings is 2. The van der Waals surface area contributed by atoms with Gasteiger partial charge in [-0.15, -0.1) is 0 Å². The molecule has 1 aliphatic carbocycles. The maximum absolute atomic E-state index is 12.4. The van der Waals surface area contributed by atoms with Crippen LogP contribution in [0.4, 0.5) is 11.4 Å². The molecule has 25 heavy (non-hydrogen) atoms. The van der Waals surface area contributed by atoms with Gasteiger partial charge in [0.05, 0.1) is 23.5 Å². The molecule has 5 nitrogen and oxygen atoms in total. The summed E-state index contributed by atoms with van der Waals surface area (Å²) in [6.45, 7) is 2.04. The molecule has 0 radical (unpaired) electrons. The van der Waals surface area contributed by atoms with Crippen molar-refractivity contribution in [1.82, 2.24) is 0 Å². The molecule has 1 aliphatic rings. The Kier molecular flexibility index (Phi) is 4.80. The molecule has 1 fully saturated rings. The van der Waals surface area contributed by atoms with E-state index in [1.165, 1.54) is 0 Å². The van der Waals surface area contributed by atoms with Crippen molar-refractivity contribution in [2.75, 3.05) is 10.6 Å². The molecule has 2 unspecified atom stereocenters. The number of rotatable bonds is 5. The van der Waals surface area contributed by atoms with E-state index in [1.807, 2.05) is 37.3 Å². The summed E-state index contributed by atoms with van der Waals surface area (Å²) < 4.78 is 0. The van der Waals surface area contributed by atoms with Gasteiger partial charge in [0.15, 0.2) is 0 Å². The number of para-hydroxylation sites is 1. The van der Waals surface area contributed by atoms with Crippen LogP contribution in [0.25, 0.3) is 0 Å². The number of aryl methyl sites for hydroxylation is 1. The lowest BCUT2D eigenvalue weighted by Crippen LogP contribution is -2.21. The molecular formula is C20H19N3O2. The molecule has 0 aliphatic heterocycles. The number of amides is 2. The summed E-state index contributed by atoms with van der Waals surface area (Å²) in [6, 6.07) is 16.5. The molecule has 2 amide bonds. The minimum Gasteiger partial charge on any atom is -0.326 e. The fourth-order valence-electron chi connectivity index (χ4n) is 2.85. The molecule has 5 heteroatoms. The zero-order chi connectivity index (χ0) is 17.8. The van der Waals surface area contributed by atoms with Crippen LogP contribution in [0.5, 0.6) is 0 Å². The monoisotopic (exact) mass is 333 g/mol. The van der Waals surface area contributed by atoms with Gasteiger partial charge in [-0.3, -0.25) is 9.59 Å². The van der Waals surface area contributed by atoms with E-state index < -0.39 is 0 Å². The minimum absolute atomic E-state index is 0.119. The van der Waals surface area contributed by atoms with E-state index in [4.69, 9.17) is 5.26 Å². The van der Waals surface area contributed by atoms with Gasteiger partial charge >= 0.3 is 0 Å². The van der Waals surface area contributed by atoms with Crippen molar-refractivity contribution in [2.45, 2.75) is 19.8 Å². The van der Waals surface area contributed by atoms with E-state index >= 15 is 0 Å². The number of hydrogen-bond acceptors (Lipinski definition) is 3. The number of carbonyl (C=O) groups is 2. The van der Waals surface area contributed by atoms with Gasteiger partial charge in [0.25, 0.3) is 0 Å². The molecule has 0 bridgehead atoms. The number of hydrogen-bond donors (Lipinski definition) is 2. The zero-order valence-electron chi connectivity index (χ0n) is 14.0. The van der Waals surface area contributed by atoms with Crippen LogP contribution in [-0.4, -0.2) is 11.8 Å². The first-order valence-corrected chi connectivity index (χ1v) is 8.32. The summed E-state index contributed by atoms with van der Waals surface area (Å²) in [6.07, 6.45) is 1.38. The summed E-state index contributed by atoms with van der Waals surface area (Å²) >= 11 is 0. The third-order valence-corrected chi connectivity index (χ3v) is 4.38. The molecule has 2 aromatic rings. The average molecular weight is 333 g/mol. The molecule has 3 rings (SSSR count). The third kappa shape index (κ3) is 3.86. The predicted octanol–water partition coefficient (Wildman–Crippen LogP) is 3.33. The Hall–Kier alpha value is -3.13. The second-order valence-corrected chi connectivity index (χ2v) is 6.13. The topological polar surface area (TPSA) is 82.0 Å². The van der Waals surface area contributed by atoms with E-state index in [-0.39, 0.29) is 23.7 Å². The lowest BCUT2D eigenvalue weighted by Gasteiger charge is -2.09. The Labute approximate surface area is 146 Å². The molecule has 2 atom stereocenters. The highest BCUT2D eigenvalue weighted by Crippen LogP contribution is 2.40. The number of anilines is 2. The minimum atomic E-state index is -0.320. The van der Waals surface area contributed by atoms with Crippen LogP contribution in [0.15, 0.2) is 48.5 Å². The summed E-state index contributed by atoms with van der Waals surface area (Å²) in [5.74, 6) is -0.922. The maximum atomic E-state index is 12.4. The number of nitrogens with one attached hydrogen (secondary N) is 2. The highest BCUT2D eigenvalue weighted by Gasteiger charge is 2.48. The Balaban J connectivity index is 1.59. The van der Waals surface area contributed by atoms with Crippen LogP contribution in [0.2, 0.25) is 0 Å². The Bertz CT molecular complexity index is 854. The van der Waals surface area contributed by atoms with Crippen LogP contribution in [0, 0.1) is 23.2 Å². The second kappa shape index (κ2) is 7.18. The van der Waals surface area contributed by atoms with Gasteiger partial charge in [0, 0.05) is 11.4 Å². The number of nitrogens with zero attached hydrogens (tertiary/aromatic N) is 1. The number of carbonyl (C=O) groups excluding carboxylic acids is 2. The first kappa shape index (κ1) is 16.7. The summed E-state index contributed by atoms with van der Waals surface area (Å²) in [4.78, 5) is 24.7. The lowest BCUT2D eigenvalue weighted by atomic mass is 10.1. The zero-order valence-corrected chi connectivity index (χ0v) is 14.0. The fourth-order valence-corrected chi connectivity index (χ4v) is 2.85. The van der Waals surface area contributed by atoms with E-state index in [0.717, 1.165) is 17.7 Å². The Morgan fingerprint density at radius 3 is 2.52 bits per heavy atom. The van der Waals surface area contributed by atoms with E-state index in [2.05, 4.69) is 10.6 Å². The van der Waals surface area contributed by atoms with Crippen molar-refractivity contribution < 1.29 is 9.59 Å². The van der Waals surface area contributed by atoms with Crippen LogP contribution in [-0.2, 0) is 16.0 Å². The summed E-state index contributed by atoms with van der Waals surface area (Å²) in [5, 5.41) is 14.6. The molecular weight excluding hydrogens is 314 g/mol. The van der Waals surface area contributed by atoms with Gasteiger partial charge in [0.1, 0.15) is 0 Å². The van der Waals surface area contributed by atoms with Gasteiger partial charge in [-0.2, -0.15) is 5.26 Å². The van der Waals surface area contributed by atoms with Crippen molar-refractivity contribution in [3.63, 3.8) is 0 Å².